The van der Waals surface area contributed by atoms with E-state index in [1.807, 2.05) is 29.7 Å². The molecule has 13 heteroatoms. The number of rotatable bonds is 10. The van der Waals surface area contributed by atoms with Crippen molar-refractivity contribution in [3.8, 4) is 0 Å². The van der Waals surface area contributed by atoms with Crippen LogP contribution in [-0.2, 0) is 27.1 Å². The first kappa shape index (κ1) is 27.1. The first-order valence-electron chi connectivity index (χ1n) is 12.4. The Morgan fingerprint density at radius 2 is 1.87 bits per heavy atom. The number of benzene rings is 2. The zero-order valence-corrected chi connectivity index (χ0v) is 24.1. The van der Waals surface area contributed by atoms with Crippen molar-refractivity contribution in [3.05, 3.63) is 54.4 Å². The van der Waals surface area contributed by atoms with Crippen molar-refractivity contribution in [2.75, 3.05) is 24.2 Å². The van der Waals surface area contributed by atoms with Gasteiger partial charge in [-0.25, -0.2) is 13.4 Å². The molecule has 1 aliphatic rings. The highest BCUT2D eigenvalue weighted by Gasteiger charge is 2.26. The molecule has 1 aliphatic heterocycles. The Morgan fingerprint density at radius 1 is 1.05 bits per heavy atom. The predicted molar refractivity (Wildman–Crippen MR) is 153 cm³/mol. The molecule has 0 atom stereocenters. The molecule has 1 fully saturated rings. The van der Waals surface area contributed by atoms with E-state index in [-0.39, 0.29) is 16.6 Å². The molecule has 4 aromatic rings. The minimum Gasteiger partial charge on any atom is -0.325 e. The van der Waals surface area contributed by atoms with Gasteiger partial charge in [0.05, 0.1) is 26.6 Å². The maximum Gasteiger partial charge on any atom is 0.243 e. The Morgan fingerprint density at radius 3 is 2.66 bits per heavy atom. The normalized spacial score (nSPS) is 14.7. The van der Waals surface area contributed by atoms with Gasteiger partial charge in [0.1, 0.15) is 5.82 Å². The fourth-order valence-corrected chi connectivity index (χ4v) is 8.60. The average molecular weight is 589 g/mol. The highest BCUT2D eigenvalue weighted by molar-refractivity contribution is 8.00. The Kier molecular flexibility index (Phi) is 8.68. The SMILES string of the molecule is CCn1c(CSc2nc3ccccc3s2)nnc1SCC(=O)Nc1cccc(S(=O)(=O)N2CCCCC2)c1. The zero-order chi connectivity index (χ0) is 26.5. The lowest BCUT2D eigenvalue weighted by Gasteiger charge is -2.26. The van der Waals surface area contributed by atoms with Gasteiger partial charge in [-0.15, -0.1) is 21.5 Å². The second-order valence-corrected chi connectivity index (χ2v) is 13.8. The molecule has 2 aromatic carbocycles. The number of carbonyl (C=O) groups excluding carboxylic acids is 1. The molecule has 200 valence electrons. The highest BCUT2D eigenvalue weighted by atomic mass is 32.2. The van der Waals surface area contributed by atoms with E-state index in [2.05, 4.69) is 26.6 Å². The number of sulfonamides is 1. The number of fused-ring (bicyclic) bond motifs is 1. The van der Waals surface area contributed by atoms with Gasteiger partial charge < -0.3 is 9.88 Å². The molecule has 0 unspecified atom stereocenters. The third-order valence-electron chi connectivity index (χ3n) is 6.11. The summed E-state index contributed by atoms with van der Waals surface area (Å²) in [6.07, 6.45) is 2.80. The first-order valence-corrected chi connectivity index (χ1v) is 16.6. The van der Waals surface area contributed by atoms with Gasteiger partial charge in [-0.3, -0.25) is 4.79 Å². The van der Waals surface area contributed by atoms with Crippen LogP contribution in [0.25, 0.3) is 10.2 Å². The van der Waals surface area contributed by atoms with E-state index in [0.717, 1.165) is 39.6 Å². The van der Waals surface area contributed by atoms with E-state index >= 15 is 0 Å². The number of carbonyl (C=O) groups is 1. The van der Waals surface area contributed by atoms with Crippen LogP contribution < -0.4 is 5.32 Å². The van der Waals surface area contributed by atoms with Crippen molar-refractivity contribution in [3.63, 3.8) is 0 Å². The molecule has 38 heavy (non-hydrogen) atoms. The number of anilines is 1. The number of thioether (sulfide) groups is 2. The molecule has 0 radical (unpaired) electrons. The van der Waals surface area contributed by atoms with Gasteiger partial charge in [-0.1, -0.05) is 48.1 Å². The van der Waals surface area contributed by atoms with Crippen LogP contribution in [0.3, 0.4) is 0 Å². The van der Waals surface area contributed by atoms with E-state index in [1.165, 1.54) is 22.1 Å². The summed E-state index contributed by atoms with van der Waals surface area (Å²) in [5.74, 6) is 1.35. The predicted octanol–water partition coefficient (Wildman–Crippen LogP) is 5.11. The number of para-hydroxylation sites is 1. The van der Waals surface area contributed by atoms with E-state index in [0.29, 0.717) is 36.2 Å². The molecule has 1 amide bonds. The van der Waals surface area contributed by atoms with Crippen LogP contribution >= 0.6 is 34.9 Å². The lowest BCUT2D eigenvalue weighted by Crippen LogP contribution is -2.35. The fourth-order valence-electron chi connectivity index (χ4n) is 4.21. The van der Waals surface area contributed by atoms with Crippen LogP contribution in [0.1, 0.15) is 32.0 Å². The molecule has 3 heterocycles. The number of aromatic nitrogens is 4. The van der Waals surface area contributed by atoms with Crippen molar-refractivity contribution in [2.24, 2.45) is 0 Å². The van der Waals surface area contributed by atoms with E-state index in [4.69, 9.17) is 0 Å². The van der Waals surface area contributed by atoms with Crippen molar-refractivity contribution in [1.29, 1.82) is 0 Å². The molecule has 9 nitrogen and oxygen atoms in total. The van der Waals surface area contributed by atoms with Gasteiger partial charge >= 0.3 is 0 Å². The van der Waals surface area contributed by atoms with Gasteiger partial charge in [-0.2, -0.15) is 4.31 Å². The Balaban J connectivity index is 1.18. The van der Waals surface area contributed by atoms with E-state index in [9.17, 15) is 13.2 Å². The second kappa shape index (κ2) is 12.2. The number of hydrogen-bond donors (Lipinski definition) is 1. The van der Waals surface area contributed by atoms with Crippen LogP contribution in [0, 0.1) is 0 Å². The third kappa shape index (κ3) is 6.23. The second-order valence-electron chi connectivity index (χ2n) is 8.71. The molecular weight excluding hydrogens is 561 g/mol. The van der Waals surface area contributed by atoms with Gasteiger partial charge in [-0.05, 0) is 50.1 Å². The number of nitrogens with zero attached hydrogens (tertiary/aromatic N) is 5. The summed E-state index contributed by atoms with van der Waals surface area (Å²) in [6.45, 7) is 3.78. The van der Waals surface area contributed by atoms with Crippen LogP contribution in [-0.4, -0.2) is 57.2 Å². The maximum atomic E-state index is 13.0. The summed E-state index contributed by atoms with van der Waals surface area (Å²) in [4.78, 5) is 17.6. The topological polar surface area (TPSA) is 110 Å². The number of thiazole rings is 1. The van der Waals surface area contributed by atoms with Gasteiger partial charge in [0.25, 0.3) is 0 Å². The van der Waals surface area contributed by atoms with Crippen LogP contribution in [0.4, 0.5) is 5.69 Å². The Bertz CT molecular complexity index is 1500. The van der Waals surface area contributed by atoms with Gasteiger partial charge in [0, 0.05) is 25.3 Å². The third-order valence-corrected chi connectivity index (χ3v) is 11.1. The van der Waals surface area contributed by atoms with Crippen molar-refractivity contribution in [2.45, 2.75) is 52.9 Å². The summed E-state index contributed by atoms with van der Waals surface area (Å²) in [6, 6.07) is 14.5. The van der Waals surface area contributed by atoms with Crippen LogP contribution in [0.15, 0.2) is 62.9 Å². The van der Waals surface area contributed by atoms with Crippen molar-refractivity contribution < 1.29 is 13.2 Å². The quantitative estimate of drug-likeness (QED) is 0.255. The van der Waals surface area contributed by atoms with Gasteiger partial charge in [0.15, 0.2) is 9.50 Å². The number of hydrogen-bond acceptors (Lipinski definition) is 9. The molecule has 1 N–H and O–H groups in total. The summed E-state index contributed by atoms with van der Waals surface area (Å²) in [5, 5.41) is 12.1. The monoisotopic (exact) mass is 588 g/mol. The van der Waals surface area contributed by atoms with E-state index < -0.39 is 10.0 Å². The summed E-state index contributed by atoms with van der Waals surface area (Å²) >= 11 is 4.59. The molecule has 0 bridgehead atoms. The largest absolute Gasteiger partial charge is 0.325 e. The molecular formula is C25H28N6O3S4. The Labute approximate surface area is 234 Å². The van der Waals surface area contributed by atoms with Crippen molar-refractivity contribution >= 4 is 66.7 Å². The lowest BCUT2D eigenvalue weighted by atomic mass is 10.2. The summed E-state index contributed by atoms with van der Waals surface area (Å²) in [5.41, 5.74) is 1.45. The first-order chi connectivity index (χ1) is 18.4. The highest BCUT2D eigenvalue weighted by Crippen LogP contribution is 2.32. The summed E-state index contributed by atoms with van der Waals surface area (Å²) < 4.78 is 31.6. The summed E-state index contributed by atoms with van der Waals surface area (Å²) in [7, 11) is -3.57. The molecule has 2 aromatic heterocycles. The van der Waals surface area contributed by atoms with E-state index in [1.54, 1.807) is 41.3 Å². The fraction of sp³-hybridized carbons (Fsp3) is 0.360. The zero-order valence-electron chi connectivity index (χ0n) is 20.9. The number of amides is 1. The molecule has 5 rings (SSSR count). The standard InChI is InChI=1S/C25H28N6O3S4/c1-2-31-22(16-36-25-27-20-11-4-5-12-21(20)37-25)28-29-24(31)35-17-23(32)26-18-9-8-10-19(15-18)38(33,34)30-13-6-3-7-14-30/h4-5,8-12,15H,2-3,6-7,13-14,16-17H2,1H3,(H,26,32). The molecule has 0 saturated carbocycles. The van der Waals surface area contributed by atoms with Crippen LogP contribution in [0.5, 0.6) is 0 Å². The maximum absolute atomic E-state index is 13.0. The smallest absolute Gasteiger partial charge is 0.243 e. The van der Waals surface area contributed by atoms with Crippen LogP contribution in [0.2, 0.25) is 0 Å². The molecule has 0 aliphatic carbocycles. The lowest BCUT2D eigenvalue weighted by molar-refractivity contribution is -0.113. The van der Waals surface area contributed by atoms with Crippen molar-refractivity contribution in [1.82, 2.24) is 24.1 Å². The average Bonchev–Trinajstić information content (AvgIpc) is 3.54. The molecule has 1 saturated heterocycles. The minimum atomic E-state index is -3.57. The minimum absolute atomic E-state index is 0.131. The Hall–Kier alpha value is -2.45. The molecule has 0 spiro atoms. The number of piperidine rings is 1. The number of nitrogens with one attached hydrogen (secondary N) is 1. The van der Waals surface area contributed by atoms with Gasteiger partial charge in [0.2, 0.25) is 15.9 Å².